The Balaban J connectivity index is 1.87. The van der Waals surface area contributed by atoms with Crippen molar-refractivity contribution in [2.75, 3.05) is 0 Å². The molecule has 1 heterocycles. The molecule has 1 nitrogen and oxygen atoms in total. The fraction of sp³-hybridized carbons (Fsp3) is 0.120. The maximum atomic E-state index is 6.64. The van der Waals surface area contributed by atoms with Crippen LogP contribution in [0.2, 0.25) is 0 Å². The molecule has 0 aromatic heterocycles. The number of hydrogen-bond donors (Lipinski definition) is 0. The predicted octanol–water partition coefficient (Wildman–Crippen LogP) is 5.50. The van der Waals surface area contributed by atoms with Crippen molar-refractivity contribution in [1.29, 1.82) is 0 Å². The van der Waals surface area contributed by atoms with Crippen molar-refractivity contribution in [1.82, 2.24) is 0 Å². The zero-order chi connectivity index (χ0) is 18.8. The van der Waals surface area contributed by atoms with Gasteiger partial charge < -0.3 is 4.65 Å². The first kappa shape index (κ1) is 17.4. The fourth-order valence-corrected chi connectivity index (χ4v) is 3.69. The lowest BCUT2D eigenvalue weighted by atomic mass is 9.58. The van der Waals surface area contributed by atoms with Crippen molar-refractivity contribution < 1.29 is 4.65 Å². The van der Waals surface area contributed by atoms with Crippen LogP contribution in [0.1, 0.15) is 27.8 Å². The molecule has 0 saturated heterocycles. The normalized spacial score (nSPS) is 13.7. The molecule has 0 saturated carbocycles. The van der Waals surface area contributed by atoms with Crippen molar-refractivity contribution >= 4 is 23.7 Å². The molecule has 0 radical (unpaired) electrons. The Labute approximate surface area is 162 Å². The van der Waals surface area contributed by atoms with Gasteiger partial charge in [-0.25, -0.2) is 0 Å². The molecule has 0 atom stereocenters. The van der Waals surface area contributed by atoms with Crippen LogP contribution >= 0.6 is 0 Å². The van der Waals surface area contributed by atoms with Crippen molar-refractivity contribution in [3.8, 4) is 0 Å². The van der Waals surface area contributed by atoms with Gasteiger partial charge in [0.25, 0.3) is 0 Å². The molecule has 3 aromatic rings. The summed E-state index contributed by atoms with van der Waals surface area (Å²) in [5.74, 6) is 3.13. The molecule has 4 rings (SSSR count). The molecule has 0 fully saturated rings. The number of hydrogen-bond acceptors (Lipinski definition) is 1. The van der Waals surface area contributed by atoms with Gasteiger partial charge in [0, 0.05) is 11.1 Å². The molecule has 3 aromatic carbocycles. The lowest BCUT2D eigenvalue weighted by Crippen LogP contribution is -2.35. The van der Waals surface area contributed by atoms with Gasteiger partial charge in [-0.3, -0.25) is 0 Å². The molecule has 0 amide bonds. The summed E-state index contributed by atoms with van der Waals surface area (Å²) in [6.07, 6.45) is 2.23. The third-order valence-corrected chi connectivity index (χ3v) is 5.25. The Morgan fingerprint density at radius 1 is 0.630 bits per heavy atom. The summed E-state index contributed by atoms with van der Waals surface area (Å²) in [4.78, 5) is 0. The minimum Gasteiger partial charge on any atom is -0.551 e. The summed E-state index contributed by atoms with van der Waals surface area (Å²) in [7, 11) is 0. The highest BCUT2D eigenvalue weighted by molar-refractivity contribution is 6.74. The first-order valence-electron chi connectivity index (χ1n) is 9.42. The van der Waals surface area contributed by atoms with E-state index in [4.69, 9.17) is 4.65 Å². The maximum absolute atomic E-state index is 6.64. The van der Waals surface area contributed by atoms with E-state index < -0.39 is 0 Å². The summed E-state index contributed by atoms with van der Waals surface area (Å²) in [6, 6.07) is 25.4. The van der Waals surface area contributed by atoms with Crippen LogP contribution < -0.4 is 5.46 Å². The van der Waals surface area contributed by atoms with Gasteiger partial charge in [-0.05, 0) is 42.9 Å². The Morgan fingerprint density at radius 3 is 1.81 bits per heavy atom. The van der Waals surface area contributed by atoms with Crippen LogP contribution in [0.3, 0.4) is 0 Å². The Hall–Kier alpha value is -3.00. The maximum Gasteiger partial charge on any atom is 0.419 e. The topological polar surface area (TPSA) is 9.23 Å². The lowest BCUT2D eigenvalue weighted by Gasteiger charge is -2.26. The molecule has 132 valence electrons. The summed E-state index contributed by atoms with van der Waals surface area (Å²) in [6.45, 7) is 6.36. The molecule has 0 aliphatic carbocycles. The van der Waals surface area contributed by atoms with Crippen molar-refractivity contribution in [2.45, 2.75) is 20.8 Å². The van der Waals surface area contributed by atoms with Crippen molar-refractivity contribution in [3.05, 3.63) is 113 Å². The van der Waals surface area contributed by atoms with E-state index in [-0.39, 0.29) is 6.92 Å². The Morgan fingerprint density at radius 2 is 1.19 bits per heavy atom. The van der Waals surface area contributed by atoms with Crippen LogP contribution in [0.25, 0.3) is 11.3 Å². The zero-order valence-electron chi connectivity index (χ0n) is 16.1. The van der Waals surface area contributed by atoms with Gasteiger partial charge in [0.05, 0.1) is 0 Å². The highest BCUT2D eigenvalue weighted by atomic mass is 16.4. The van der Waals surface area contributed by atoms with Gasteiger partial charge in [-0.15, -0.1) is 0 Å². The summed E-state index contributed by atoms with van der Waals surface area (Å²) in [5.41, 5.74) is 8.44. The third-order valence-electron chi connectivity index (χ3n) is 5.25. The highest BCUT2D eigenvalue weighted by Gasteiger charge is 2.27. The second-order valence-corrected chi connectivity index (χ2v) is 7.13. The number of benzene rings is 3. The smallest absolute Gasteiger partial charge is 0.419 e. The SMILES string of the molecule is Cc1ccccc1B1C=CC(c2ccccc2C)=C(c2ccccc2C)O1. The van der Waals surface area contributed by atoms with Crippen molar-refractivity contribution in [3.63, 3.8) is 0 Å². The van der Waals surface area contributed by atoms with Crippen LogP contribution in [-0.2, 0) is 4.65 Å². The quantitative estimate of drug-likeness (QED) is 0.567. The second kappa shape index (κ2) is 7.32. The molecule has 0 N–H and O–H groups in total. The van der Waals surface area contributed by atoms with E-state index in [2.05, 4.69) is 106 Å². The van der Waals surface area contributed by atoms with Gasteiger partial charge in [-0.2, -0.15) is 0 Å². The average Bonchev–Trinajstić information content (AvgIpc) is 2.69. The summed E-state index contributed by atoms with van der Waals surface area (Å²) < 4.78 is 6.64. The first-order chi connectivity index (χ1) is 13.1. The predicted molar refractivity (Wildman–Crippen MR) is 116 cm³/mol. The first-order valence-corrected chi connectivity index (χ1v) is 9.42. The fourth-order valence-electron chi connectivity index (χ4n) is 3.69. The van der Waals surface area contributed by atoms with Crippen LogP contribution in [-0.4, -0.2) is 6.92 Å². The van der Waals surface area contributed by atoms with Crippen LogP contribution in [0, 0.1) is 20.8 Å². The van der Waals surface area contributed by atoms with Crippen LogP contribution in [0.5, 0.6) is 0 Å². The number of allylic oxidation sites excluding steroid dienone is 2. The van der Waals surface area contributed by atoms with Crippen LogP contribution in [0.4, 0.5) is 0 Å². The molecular formula is C25H23BO. The molecule has 0 bridgehead atoms. The molecule has 1 aliphatic heterocycles. The van der Waals surface area contributed by atoms with E-state index in [0.29, 0.717) is 0 Å². The molecular weight excluding hydrogens is 327 g/mol. The van der Waals surface area contributed by atoms with E-state index >= 15 is 0 Å². The van der Waals surface area contributed by atoms with Gasteiger partial charge in [0.1, 0.15) is 5.76 Å². The lowest BCUT2D eigenvalue weighted by molar-refractivity contribution is 0.546. The van der Waals surface area contributed by atoms with Crippen molar-refractivity contribution in [2.24, 2.45) is 0 Å². The molecule has 27 heavy (non-hydrogen) atoms. The summed E-state index contributed by atoms with van der Waals surface area (Å²) in [5, 5.41) is 0. The standard InChI is InChI=1S/C25H23BO/c1-18-10-4-7-13-21(18)23-16-17-26(24-15-9-6-12-20(24)3)27-25(23)22-14-8-5-11-19(22)2/h4-17H,1-3H3. The zero-order valence-corrected chi connectivity index (χ0v) is 16.1. The minimum absolute atomic E-state index is 0.0754. The monoisotopic (exact) mass is 350 g/mol. The van der Waals surface area contributed by atoms with E-state index in [1.165, 1.54) is 27.7 Å². The Kier molecular flexibility index (Phi) is 4.72. The van der Waals surface area contributed by atoms with E-state index in [1.807, 2.05) is 0 Å². The van der Waals surface area contributed by atoms with Crippen LogP contribution in [0.15, 0.2) is 84.8 Å². The third kappa shape index (κ3) is 3.35. The molecule has 0 unspecified atom stereocenters. The highest BCUT2D eigenvalue weighted by Crippen LogP contribution is 2.35. The second-order valence-electron chi connectivity index (χ2n) is 7.13. The van der Waals surface area contributed by atoms with E-state index in [1.54, 1.807) is 0 Å². The molecule has 0 spiro atoms. The Bertz CT molecular complexity index is 1050. The van der Waals surface area contributed by atoms with Gasteiger partial charge >= 0.3 is 6.92 Å². The number of aryl methyl sites for hydroxylation is 3. The minimum atomic E-state index is -0.0754. The van der Waals surface area contributed by atoms with Gasteiger partial charge in [-0.1, -0.05) is 90.4 Å². The largest absolute Gasteiger partial charge is 0.551 e. The van der Waals surface area contributed by atoms with Gasteiger partial charge in [0.2, 0.25) is 0 Å². The number of rotatable bonds is 3. The molecule has 2 heteroatoms. The van der Waals surface area contributed by atoms with E-state index in [0.717, 1.165) is 16.9 Å². The van der Waals surface area contributed by atoms with Gasteiger partial charge in [0.15, 0.2) is 0 Å². The molecule has 1 aliphatic rings. The summed E-state index contributed by atoms with van der Waals surface area (Å²) >= 11 is 0. The average molecular weight is 350 g/mol. The van der Waals surface area contributed by atoms with E-state index in [9.17, 15) is 0 Å².